The van der Waals surface area contributed by atoms with Gasteiger partial charge in [-0.3, -0.25) is 4.79 Å². The Kier molecular flexibility index (Phi) is 5.26. The third kappa shape index (κ3) is 3.43. The number of methoxy groups -OCH3 is 2. The van der Waals surface area contributed by atoms with Crippen LogP contribution in [0.4, 0.5) is 0 Å². The van der Waals surface area contributed by atoms with Crippen LogP contribution in [0.1, 0.15) is 45.2 Å². The molecular weight excluding hydrogens is 332 g/mol. The minimum absolute atomic E-state index is 0.213. The molecule has 1 aliphatic rings. The Balaban J connectivity index is 1.76. The van der Waals surface area contributed by atoms with Crippen LogP contribution < -0.4 is 9.47 Å². The second kappa shape index (κ2) is 7.60. The van der Waals surface area contributed by atoms with Crippen LogP contribution in [0.15, 0.2) is 36.4 Å². The first kappa shape index (κ1) is 18.0. The third-order valence-corrected chi connectivity index (χ3v) is 4.66. The van der Waals surface area contributed by atoms with Gasteiger partial charge in [-0.1, -0.05) is 18.2 Å². The van der Waals surface area contributed by atoms with Gasteiger partial charge in [0.05, 0.1) is 14.2 Å². The summed E-state index contributed by atoms with van der Waals surface area (Å²) in [4.78, 5) is 25.2. The molecule has 2 aromatic carbocycles. The Morgan fingerprint density at radius 3 is 2.50 bits per heavy atom. The van der Waals surface area contributed by atoms with Gasteiger partial charge in [0.2, 0.25) is 5.78 Å². The van der Waals surface area contributed by atoms with Gasteiger partial charge in [-0.05, 0) is 55.5 Å². The molecule has 0 radical (unpaired) electrons. The highest BCUT2D eigenvalue weighted by Crippen LogP contribution is 2.31. The molecule has 0 saturated carbocycles. The van der Waals surface area contributed by atoms with Crippen LogP contribution in [-0.2, 0) is 17.6 Å². The highest BCUT2D eigenvalue weighted by Gasteiger charge is 2.24. The molecule has 5 heteroatoms. The van der Waals surface area contributed by atoms with Crippen molar-refractivity contribution in [2.45, 2.75) is 32.3 Å². The van der Waals surface area contributed by atoms with Crippen LogP contribution in [0.5, 0.6) is 11.5 Å². The van der Waals surface area contributed by atoms with Crippen molar-refractivity contribution >= 4 is 11.8 Å². The molecule has 0 heterocycles. The molecule has 2 aromatic rings. The number of ketones is 1. The van der Waals surface area contributed by atoms with Crippen molar-refractivity contribution in [3.8, 4) is 11.5 Å². The Morgan fingerprint density at radius 1 is 1.00 bits per heavy atom. The van der Waals surface area contributed by atoms with E-state index in [1.165, 1.54) is 25.3 Å². The normalized spacial score (nSPS) is 13.7. The van der Waals surface area contributed by atoms with Crippen molar-refractivity contribution in [3.05, 3.63) is 58.7 Å². The Bertz CT molecular complexity index is 840. The maximum atomic E-state index is 12.7. The van der Waals surface area contributed by atoms with Gasteiger partial charge in [-0.25, -0.2) is 4.79 Å². The number of para-hydroxylation sites is 1. The van der Waals surface area contributed by atoms with E-state index in [4.69, 9.17) is 14.2 Å². The summed E-state index contributed by atoms with van der Waals surface area (Å²) >= 11 is 0. The summed E-state index contributed by atoms with van der Waals surface area (Å²) in [5, 5.41) is 0. The topological polar surface area (TPSA) is 61.8 Å². The number of benzene rings is 2. The lowest BCUT2D eigenvalue weighted by molar-refractivity contribution is 0.0315. The van der Waals surface area contributed by atoms with Crippen LogP contribution in [0.25, 0.3) is 0 Å². The zero-order valence-corrected chi connectivity index (χ0v) is 15.2. The number of hydrogen-bond donors (Lipinski definition) is 0. The third-order valence-electron chi connectivity index (χ3n) is 4.66. The second-order valence-electron chi connectivity index (χ2n) is 6.29. The standard InChI is InChI=1S/C21H22O5/c1-13(19(22)16-11-10-14-6-4-7-15(14)12-16)26-21(23)17-8-5-9-18(24-2)20(17)25-3/h5,8-13H,4,6-7H2,1-3H3/t13-/m1/s1. The highest BCUT2D eigenvalue weighted by atomic mass is 16.6. The van der Waals surface area contributed by atoms with Crippen molar-refractivity contribution in [1.82, 2.24) is 0 Å². The maximum absolute atomic E-state index is 12.7. The van der Waals surface area contributed by atoms with Crippen molar-refractivity contribution in [2.75, 3.05) is 14.2 Å². The molecule has 136 valence electrons. The summed E-state index contributed by atoms with van der Waals surface area (Å²) in [6.45, 7) is 1.58. The summed E-state index contributed by atoms with van der Waals surface area (Å²) in [7, 11) is 2.95. The number of fused-ring (bicyclic) bond motifs is 1. The van der Waals surface area contributed by atoms with E-state index >= 15 is 0 Å². The van der Waals surface area contributed by atoms with E-state index in [-0.39, 0.29) is 17.1 Å². The van der Waals surface area contributed by atoms with Gasteiger partial charge in [0.15, 0.2) is 17.6 Å². The summed E-state index contributed by atoms with van der Waals surface area (Å²) < 4.78 is 15.8. The Labute approximate surface area is 152 Å². The zero-order valence-electron chi connectivity index (χ0n) is 15.2. The highest BCUT2D eigenvalue weighted by molar-refractivity contribution is 6.02. The number of rotatable bonds is 6. The van der Waals surface area contributed by atoms with Crippen LogP contribution >= 0.6 is 0 Å². The fraction of sp³-hybridized carbons (Fsp3) is 0.333. The van der Waals surface area contributed by atoms with Crippen molar-refractivity contribution in [3.63, 3.8) is 0 Å². The van der Waals surface area contributed by atoms with Crippen molar-refractivity contribution in [1.29, 1.82) is 0 Å². The number of aryl methyl sites for hydroxylation is 2. The van der Waals surface area contributed by atoms with E-state index in [0.29, 0.717) is 11.3 Å². The number of carbonyl (C=O) groups excluding carboxylic acids is 2. The maximum Gasteiger partial charge on any atom is 0.342 e. The molecule has 0 spiro atoms. The van der Waals surface area contributed by atoms with Crippen molar-refractivity contribution < 1.29 is 23.8 Å². The van der Waals surface area contributed by atoms with E-state index in [9.17, 15) is 9.59 Å². The monoisotopic (exact) mass is 354 g/mol. The SMILES string of the molecule is COc1cccc(C(=O)O[C@H](C)C(=O)c2ccc3c(c2)CCC3)c1OC. The molecule has 0 aliphatic heterocycles. The van der Waals surface area contributed by atoms with Crippen LogP contribution in [0.3, 0.4) is 0 Å². The summed E-state index contributed by atoms with van der Waals surface area (Å²) in [6, 6.07) is 10.7. The van der Waals surface area contributed by atoms with E-state index in [2.05, 4.69) is 0 Å². The van der Waals surface area contributed by atoms with Crippen LogP contribution in [-0.4, -0.2) is 32.1 Å². The van der Waals surface area contributed by atoms with E-state index in [1.54, 1.807) is 25.1 Å². The summed E-state index contributed by atoms with van der Waals surface area (Å²) in [5.41, 5.74) is 3.31. The van der Waals surface area contributed by atoms with Gasteiger partial charge in [-0.2, -0.15) is 0 Å². The molecule has 0 aromatic heterocycles. The average Bonchev–Trinajstić information content (AvgIpc) is 3.14. The number of esters is 1. The van der Waals surface area contributed by atoms with Gasteiger partial charge >= 0.3 is 5.97 Å². The number of carbonyl (C=O) groups is 2. The molecule has 1 aliphatic carbocycles. The molecule has 0 unspecified atom stereocenters. The average molecular weight is 354 g/mol. The summed E-state index contributed by atoms with van der Waals surface area (Å²) in [5.74, 6) is -0.116. The summed E-state index contributed by atoms with van der Waals surface area (Å²) in [6.07, 6.45) is 2.28. The molecule has 0 fully saturated rings. The molecule has 1 atom stereocenters. The fourth-order valence-corrected chi connectivity index (χ4v) is 3.29. The van der Waals surface area contributed by atoms with E-state index < -0.39 is 12.1 Å². The van der Waals surface area contributed by atoms with Gasteiger partial charge in [-0.15, -0.1) is 0 Å². The predicted molar refractivity (Wildman–Crippen MR) is 97.2 cm³/mol. The lowest BCUT2D eigenvalue weighted by Gasteiger charge is -2.15. The number of ether oxygens (including phenoxy) is 3. The Morgan fingerprint density at radius 2 is 1.77 bits per heavy atom. The first-order chi connectivity index (χ1) is 12.5. The number of hydrogen-bond acceptors (Lipinski definition) is 5. The second-order valence-corrected chi connectivity index (χ2v) is 6.29. The molecule has 3 rings (SSSR count). The Hall–Kier alpha value is -2.82. The number of Topliss-reactive ketones (excluding diaryl/α,β-unsaturated/α-hetero) is 1. The quantitative estimate of drug-likeness (QED) is 0.586. The first-order valence-electron chi connectivity index (χ1n) is 8.63. The molecule has 0 bridgehead atoms. The van der Waals surface area contributed by atoms with Crippen molar-refractivity contribution in [2.24, 2.45) is 0 Å². The minimum Gasteiger partial charge on any atom is -0.493 e. The molecular formula is C21H22O5. The predicted octanol–water partition coefficient (Wildman–Crippen LogP) is 3.62. The smallest absolute Gasteiger partial charge is 0.342 e. The lowest BCUT2D eigenvalue weighted by atomic mass is 10.0. The van der Waals surface area contributed by atoms with Crippen LogP contribution in [0, 0.1) is 0 Å². The molecule has 0 amide bonds. The zero-order chi connectivity index (χ0) is 18.7. The van der Waals surface area contributed by atoms with Gasteiger partial charge < -0.3 is 14.2 Å². The van der Waals surface area contributed by atoms with Gasteiger partial charge in [0.25, 0.3) is 0 Å². The van der Waals surface area contributed by atoms with E-state index in [1.807, 2.05) is 18.2 Å². The largest absolute Gasteiger partial charge is 0.493 e. The van der Waals surface area contributed by atoms with E-state index in [0.717, 1.165) is 19.3 Å². The van der Waals surface area contributed by atoms with Gasteiger partial charge in [0, 0.05) is 5.56 Å². The molecule has 26 heavy (non-hydrogen) atoms. The minimum atomic E-state index is -0.891. The molecule has 0 saturated heterocycles. The molecule has 0 N–H and O–H groups in total. The van der Waals surface area contributed by atoms with Crippen LogP contribution in [0.2, 0.25) is 0 Å². The lowest BCUT2D eigenvalue weighted by Crippen LogP contribution is -2.25. The van der Waals surface area contributed by atoms with Gasteiger partial charge in [0.1, 0.15) is 5.56 Å². The molecule has 5 nitrogen and oxygen atoms in total. The fourth-order valence-electron chi connectivity index (χ4n) is 3.29. The first-order valence-corrected chi connectivity index (χ1v) is 8.63.